The third-order valence-electron chi connectivity index (χ3n) is 2.86. The van der Waals surface area contributed by atoms with E-state index in [1.807, 2.05) is 24.3 Å². The Morgan fingerprint density at radius 1 is 1.24 bits per heavy atom. The highest BCUT2D eigenvalue weighted by molar-refractivity contribution is 5.70. The Hall–Kier alpha value is -2.08. The second kappa shape index (κ2) is 8.97. The molecule has 21 heavy (non-hydrogen) atoms. The minimum atomic E-state index is -0.924. The SMILES string of the molecule is CCOC(=O)CCN(CC(=O)O)Cc1ccc(OC)cc1. The third kappa shape index (κ3) is 6.76. The smallest absolute Gasteiger partial charge is 0.317 e. The van der Waals surface area contributed by atoms with E-state index in [-0.39, 0.29) is 18.9 Å². The minimum Gasteiger partial charge on any atom is -0.497 e. The number of nitrogens with zero attached hydrogens (tertiary/aromatic N) is 1. The summed E-state index contributed by atoms with van der Waals surface area (Å²) in [5, 5.41) is 8.93. The number of aliphatic carboxylic acids is 1. The fraction of sp³-hybridized carbons (Fsp3) is 0.467. The van der Waals surface area contributed by atoms with Crippen molar-refractivity contribution >= 4 is 11.9 Å². The maximum absolute atomic E-state index is 11.4. The monoisotopic (exact) mass is 295 g/mol. The van der Waals surface area contributed by atoms with Gasteiger partial charge in [0.25, 0.3) is 0 Å². The molecule has 0 unspecified atom stereocenters. The van der Waals surface area contributed by atoms with Crippen LogP contribution in [0.5, 0.6) is 5.75 Å². The van der Waals surface area contributed by atoms with E-state index < -0.39 is 5.97 Å². The van der Waals surface area contributed by atoms with Gasteiger partial charge in [0.15, 0.2) is 0 Å². The summed E-state index contributed by atoms with van der Waals surface area (Å²) in [6.45, 7) is 2.75. The van der Waals surface area contributed by atoms with Crippen molar-refractivity contribution in [2.24, 2.45) is 0 Å². The predicted octanol–water partition coefficient (Wildman–Crippen LogP) is 1.53. The maximum atomic E-state index is 11.4. The molecule has 1 N–H and O–H groups in total. The fourth-order valence-corrected chi connectivity index (χ4v) is 1.88. The second-order valence-electron chi connectivity index (χ2n) is 4.51. The zero-order chi connectivity index (χ0) is 15.7. The van der Waals surface area contributed by atoms with Crippen LogP contribution in [0.4, 0.5) is 0 Å². The van der Waals surface area contributed by atoms with Crippen molar-refractivity contribution in [2.75, 3.05) is 26.8 Å². The molecule has 0 spiro atoms. The summed E-state index contributed by atoms with van der Waals surface area (Å²) >= 11 is 0. The van der Waals surface area contributed by atoms with Crippen molar-refractivity contribution in [1.82, 2.24) is 4.90 Å². The highest BCUT2D eigenvalue weighted by Crippen LogP contribution is 2.13. The van der Waals surface area contributed by atoms with Gasteiger partial charge in [-0.25, -0.2) is 0 Å². The van der Waals surface area contributed by atoms with Crippen LogP contribution in [0.15, 0.2) is 24.3 Å². The fourth-order valence-electron chi connectivity index (χ4n) is 1.88. The molecule has 1 aromatic rings. The molecule has 0 saturated carbocycles. The molecule has 1 rings (SSSR count). The van der Waals surface area contributed by atoms with Crippen molar-refractivity contribution in [3.05, 3.63) is 29.8 Å². The van der Waals surface area contributed by atoms with Gasteiger partial charge in [-0.3, -0.25) is 14.5 Å². The number of hydrogen-bond donors (Lipinski definition) is 1. The van der Waals surface area contributed by atoms with E-state index in [4.69, 9.17) is 14.6 Å². The van der Waals surface area contributed by atoms with Crippen LogP contribution in [0.25, 0.3) is 0 Å². The molecule has 1 aromatic carbocycles. The average molecular weight is 295 g/mol. The Morgan fingerprint density at radius 3 is 2.43 bits per heavy atom. The van der Waals surface area contributed by atoms with Gasteiger partial charge in [0, 0.05) is 13.1 Å². The van der Waals surface area contributed by atoms with Crippen molar-refractivity contribution in [3.63, 3.8) is 0 Å². The molecule has 0 fully saturated rings. The van der Waals surface area contributed by atoms with Gasteiger partial charge in [-0.15, -0.1) is 0 Å². The van der Waals surface area contributed by atoms with Gasteiger partial charge >= 0.3 is 11.9 Å². The number of benzene rings is 1. The third-order valence-corrected chi connectivity index (χ3v) is 2.86. The normalized spacial score (nSPS) is 10.4. The zero-order valence-electron chi connectivity index (χ0n) is 12.4. The van der Waals surface area contributed by atoms with E-state index in [0.29, 0.717) is 19.7 Å². The topological polar surface area (TPSA) is 76.1 Å². The van der Waals surface area contributed by atoms with Crippen LogP contribution in [0.2, 0.25) is 0 Å². The minimum absolute atomic E-state index is 0.120. The summed E-state index contributed by atoms with van der Waals surface area (Å²) in [5.74, 6) is -0.495. The molecular weight excluding hydrogens is 274 g/mol. The van der Waals surface area contributed by atoms with E-state index in [1.54, 1.807) is 18.9 Å². The van der Waals surface area contributed by atoms with Gasteiger partial charge in [0.1, 0.15) is 5.75 Å². The van der Waals surface area contributed by atoms with Gasteiger partial charge in [0.05, 0.1) is 26.7 Å². The summed E-state index contributed by atoms with van der Waals surface area (Å²) in [7, 11) is 1.59. The van der Waals surface area contributed by atoms with Crippen molar-refractivity contribution in [1.29, 1.82) is 0 Å². The lowest BCUT2D eigenvalue weighted by atomic mass is 10.2. The maximum Gasteiger partial charge on any atom is 0.317 e. The van der Waals surface area contributed by atoms with Crippen molar-refractivity contribution < 1.29 is 24.2 Å². The molecule has 0 saturated heterocycles. The quantitative estimate of drug-likeness (QED) is 0.696. The summed E-state index contributed by atoms with van der Waals surface area (Å²) < 4.78 is 9.92. The zero-order valence-corrected chi connectivity index (χ0v) is 12.4. The number of esters is 1. The highest BCUT2D eigenvalue weighted by Gasteiger charge is 2.13. The molecule has 0 aromatic heterocycles. The molecule has 0 atom stereocenters. The van der Waals surface area contributed by atoms with Gasteiger partial charge in [0.2, 0.25) is 0 Å². The largest absolute Gasteiger partial charge is 0.497 e. The Labute approximate surface area is 124 Å². The second-order valence-corrected chi connectivity index (χ2v) is 4.51. The van der Waals surface area contributed by atoms with E-state index in [2.05, 4.69) is 0 Å². The van der Waals surface area contributed by atoms with Crippen LogP contribution < -0.4 is 4.74 Å². The average Bonchev–Trinajstić information content (AvgIpc) is 2.45. The van der Waals surface area contributed by atoms with Crippen LogP contribution in [0, 0.1) is 0 Å². The van der Waals surface area contributed by atoms with E-state index in [0.717, 1.165) is 11.3 Å². The first-order valence-electron chi connectivity index (χ1n) is 6.77. The Kier molecular flexibility index (Phi) is 7.25. The van der Waals surface area contributed by atoms with Gasteiger partial charge in [-0.2, -0.15) is 0 Å². The molecule has 6 heteroatoms. The highest BCUT2D eigenvalue weighted by atomic mass is 16.5. The molecule has 0 amide bonds. The summed E-state index contributed by atoms with van der Waals surface area (Å²) in [4.78, 5) is 23.9. The standard InChI is InChI=1S/C15H21NO5/c1-3-21-15(19)8-9-16(11-14(17)18)10-12-4-6-13(20-2)7-5-12/h4-7H,3,8-11H2,1-2H3,(H,17,18). The number of carboxylic acid groups (broad SMARTS) is 1. The van der Waals surface area contributed by atoms with Crippen molar-refractivity contribution in [3.8, 4) is 5.75 Å². The van der Waals surface area contributed by atoms with E-state index >= 15 is 0 Å². The number of ether oxygens (including phenoxy) is 2. The van der Waals surface area contributed by atoms with Crippen LogP contribution in [-0.4, -0.2) is 48.8 Å². The van der Waals surface area contributed by atoms with E-state index in [1.165, 1.54) is 0 Å². The first kappa shape index (κ1) is 17.0. The number of carboxylic acids is 1. The van der Waals surface area contributed by atoms with Crippen molar-refractivity contribution in [2.45, 2.75) is 19.9 Å². The first-order chi connectivity index (χ1) is 10.0. The molecule has 6 nitrogen and oxygen atoms in total. The van der Waals surface area contributed by atoms with Gasteiger partial charge in [-0.05, 0) is 24.6 Å². The summed E-state index contributed by atoms with van der Waals surface area (Å²) in [6.07, 6.45) is 0.178. The van der Waals surface area contributed by atoms with Crippen LogP contribution >= 0.6 is 0 Å². The number of carbonyl (C=O) groups is 2. The molecular formula is C15H21NO5. The molecule has 0 bridgehead atoms. The Balaban J connectivity index is 2.59. The molecule has 116 valence electrons. The molecule has 0 aliphatic heterocycles. The molecule has 0 radical (unpaired) electrons. The molecule has 0 aliphatic rings. The van der Waals surface area contributed by atoms with Gasteiger partial charge in [-0.1, -0.05) is 12.1 Å². The van der Waals surface area contributed by atoms with Crippen LogP contribution in [0.1, 0.15) is 18.9 Å². The van der Waals surface area contributed by atoms with Crippen LogP contribution in [-0.2, 0) is 20.9 Å². The number of methoxy groups -OCH3 is 1. The molecule has 0 heterocycles. The molecule has 0 aliphatic carbocycles. The lowest BCUT2D eigenvalue weighted by Crippen LogP contribution is -2.31. The van der Waals surface area contributed by atoms with Crippen LogP contribution in [0.3, 0.4) is 0 Å². The number of hydrogen-bond acceptors (Lipinski definition) is 5. The van der Waals surface area contributed by atoms with E-state index in [9.17, 15) is 9.59 Å². The first-order valence-corrected chi connectivity index (χ1v) is 6.77. The number of rotatable bonds is 9. The predicted molar refractivity (Wildman–Crippen MR) is 77.2 cm³/mol. The Morgan fingerprint density at radius 2 is 1.90 bits per heavy atom. The lowest BCUT2D eigenvalue weighted by molar-refractivity contribution is -0.145. The lowest BCUT2D eigenvalue weighted by Gasteiger charge is -2.20. The summed E-state index contributed by atoms with van der Waals surface area (Å²) in [5.41, 5.74) is 0.959. The van der Waals surface area contributed by atoms with Gasteiger partial charge < -0.3 is 14.6 Å². The summed E-state index contributed by atoms with van der Waals surface area (Å²) in [6, 6.07) is 7.38. The number of carbonyl (C=O) groups excluding carboxylic acids is 1. The Bertz CT molecular complexity index is 458.